The molecule has 0 atom stereocenters. The van der Waals surface area contributed by atoms with E-state index in [2.05, 4.69) is 258 Å². The van der Waals surface area contributed by atoms with Crippen molar-refractivity contribution >= 4 is 129 Å². The van der Waals surface area contributed by atoms with E-state index in [9.17, 15) is 0 Å². The summed E-state index contributed by atoms with van der Waals surface area (Å²) in [5.74, 6) is 0. The molecule has 14 rings (SSSR count). The van der Waals surface area contributed by atoms with Gasteiger partial charge < -0.3 is 9.80 Å². The molecule has 2 nitrogen and oxygen atoms in total. The summed E-state index contributed by atoms with van der Waals surface area (Å²) in [7, 11) is 0. The number of hydrogen-bond donors (Lipinski definition) is 0. The molecule has 2 aromatic heterocycles. The number of hydrogen-bond acceptors (Lipinski definition) is 4. The fourth-order valence-corrected chi connectivity index (χ4v) is 14.7. The van der Waals surface area contributed by atoms with Crippen molar-refractivity contribution in [2.45, 2.75) is 41.5 Å². The van der Waals surface area contributed by atoms with Gasteiger partial charge in [-0.1, -0.05) is 158 Å². The number of anilines is 6. The van der Waals surface area contributed by atoms with Gasteiger partial charge in [0, 0.05) is 62.5 Å². The third kappa shape index (κ3) is 6.82. The minimum Gasteiger partial charge on any atom is -0.309 e. The third-order valence-corrected chi connectivity index (χ3v) is 18.2. The molecule has 0 saturated carbocycles. The van der Waals surface area contributed by atoms with Crippen molar-refractivity contribution in [3.63, 3.8) is 0 Å². The molecule has 0 aliphatic rings. The lowest BCUT2D eigenvalue weighted by atomic mass is 9.91. The number of thiophene rings is 2. The second-order valence-corrected chi connectivity index (χ2v) is 22.4. The van der Waals surface area contributed by atoms with Crippen molar-refractivity contribution in [1.29, 1.82) is 0 Å². The molecular formula is C70H52N2S2. The lowest BCUT2D eigenvalue weighted by molar-refractivity contribution is 1.22. The maximum atomic E-state index is 2.54. The Kier molecular flexibility index (Phi) is 10.3. The molecule has 0 aliphatic heterocycles. The molecule has 0 saturated heterocycles. The van der Waals surface area contributed by atoms with Crippen LogP contribution < -0.4 is 9.80 Å². The van der Waals surface area contributed by atoms with E-state index in [-0.39, 0.29) is 0 Å². The Balaban J connectivity index is 0.989. The highest BCUT2D eigenvalue weighted by molar-refractivity contribution is 7.26. The minimum absolute atomic E-state index is 1.14. The Labute approximate surface area is 440 Å². The number of para-hydroxylation sites is 2. The van der Waals surface area contributed by atoms with Gasteiger partial charge in [0.15, 0.2) is 0 Å². The SMILES string of the molecule is Cc1ccc(N(c2c(C)cccc2C)c2ccc3ccc4c(N(c5ccc(C)c(-c6cccc7c6sc6ccccc67)c5)c5c(C)cccc5C)ccc5ccc2c3c54)cc1-c1cccc2c1sc1ccccc12. The van der Waals surface area contributed by atoms with Crippen LogP contribution in [0.1, 0.15) is 33.4 Å². The van der Waals surface area contributed by atoms with Gasteiger partial charge in [-0.25, -0.2) is 0 Å². The van der Waals surface area contributed by atoms with Gasteiger partial charge >= 0.3 is 0 Å². The lowest BCUT2D eigenvalue weighted by Gasteiger charge is -2.32. The van der Waals surface area contributed by atoms with Crippen molar-refractivity contribution in [3.8, 4) is 22.3 Å². The summed E-state index contributed by atoms with van der Waals surface area (Å²) in [4.78, 5) is 5.08. The molecule has 74 heavy (non-hydrogen) atoms. The fraction of sp³-hybridized carbons (Fsp3) is 0.0857. The number of benzene rings is 12. The highest BCUT2D eigenvalue weighted by Gasteiger charge is 2.26. The Morgan fingerprint density at radius 3 is 1.09 bits per heavy atom. The highest BCUT2D eigenvalue weighted by atomic mass is 32.1. The Hall–Kier alpha value is -8.28. The fourth-order valence-electron chi connectivity index (χ4n) is 12.3. The monoisotopic (exact) mass is 984 g/mol. The molecular weight excluding hydrogens is 933 g/mol. The van der Waals surface area contributed by atoms with Gasteiger partial charge in [0.1, 0.15) is 0 Å². The van der Waals surface area contributed by atoms with Crippen molar-refractivity contribution < 1.29 is 0 Å². The summed E-state index contributed by atoms with van der Waals surface area (Å²) >= 11 is 3.79. The Morgan fingerprint density at radius 1 is 0.284 bits per heavy atom. The molecule has 0 fully saturated rings. The van der Waals surface area contributed by atoms with E-state index < -0.39 is 0 Å². The molecule has 0 bridgehead atoms. The van der Waals surface area contributed by atoms with Gasteiger partial charge in [0.25, 0.3) is 0 Å². The smallest absolute Gasteiger partial charge is 0.0540 e. The molecule has 0 unspecified atom stereocenters. The van der Waals surface area contributed by atoms with Crippen LogP contribution in [0.25, 0.3) is 94.9 Å². The maximum Gasteiger partial charge on any atom is 0.0540 e. The summed E-state index contributed by atoms with van der Waals surface area (Å²) in [5, 5.41) is 12.7. The topological polar surface area (TPSA) is 6.48 Å². The second kappa shape index (κ2) is 17.2. The summed E-state index contributed by atoms with van der Waals surface area (Å²) in [6.07, 6.45) is 0. The molecule has 0 amide bonds. The van der Waals surface area contributed by atoms with Crippen LogP contribution in [0.4, 0.5) is 34.1 Å². The van der Waals surface area contributed by atoms with E-state index >= 15 is 0 Å². The zero-order valence-corrected chi connectivity index (χ0v) is 44.0. The largest absolute Gasteiger partial charge is 0.309 e. The van der Waals surface area contributed by atoms with Gasteiger partial charge in [-0.3, -0.25) is 0 Å². The molecule has 14 aromatic rings. The molecule has 0 aliphatic carbocycles. The van der Waals surface area contributed by atoms with Gasteiger partial charge in [-0.2, -0.15) is 0 Å². The van der Waals surface area contributed by atoms with E-state index in [0.717, 1.165) is 22.7 Å². The molecule has 354 valence electrons. The first-order valence-electron chi connectivity index (χ1n) is 25.7. The van der Waals surface area contributed by atoms with E-state index in [1.807, 2.05) is 22.7 Å². The number of nitrogens with zero attached hydrogens (tertiary/aromatic N) is 2. The van der Waals surface area contributed by atoms with Crippen LogP contribution in [0, 0.1) is 41.5 Å². The molecule has 0 radical (unpaired) electrons. The van der Waals surface area contributed by atoms with Crippen molar-refractivity contribution in [1.82, 2.24) is 0 Å². The molecule has 4 heteroatoms. The van der Waals surface area contributed by atoms with Crippen LogP contribution in [-0.4, -0.2) is 0 Å². The Morgan fingerprint density at radius 2 is 0.662 bits per heavy atom. The summed E-state index contributed by atoms with van der Waals surface area (Å²) < 4.78 is 5.30. The lowest BCUT2D eigenvalue weighted by Crippen LogP contribution is -2.14. The van der Waals surface area contributed by atoms with Crippen molar-refractivity contribution in [2.75, 3.05) is 9.80 Å². The van der Waals surface area contributed by atoms with Gasteiger partial charge in [0.05, 0.1) is 22.7 Å². The van der Waals surface area contributed by atoms with Gasteiger partial charge in [-0.05, 0) is 167 Å². The summed E-state index contributed by atoms with van der Waals surface area (Å²) in [6, 6.07) is 77.7. The normalized spacial score (nSPS) is 11.9. The number of aryl methyl sites for hydroxylation is 6. The van der Waals surface area contributed by atoms with Crippen LogP contribution in [0.3, 0.4) is 0 Å². The Bertz CT molecular complexity index is 4260. The van der Waals surface area contributed by atoms with Crippen LogP contribution >= 0.6 is 22.7 Å². The third-order valence-electron chi connectivity index (χ3n) is 15.8. The van der Waals surface area contributed by atoms with E-state index in [0.29, 0.717) is 0 Å². The quantitative estimate of drug-likeness (QED) is 0.140. The van der Waals surface area contributed by atoms with E-state index in [1.54, 1.807) is 0 Å². The summed E-state index contributed by atoms with van der Waals surface area (Å²) in [5.41, 5.74) is 19.5. The van der Waals surface area contributed by atoms with E-state index in [4.69, 9.17) is 0 Å². The first-order chi connectivity index (χ1) is 36.2. The first kappa shape index (κ1) is 44.4. The van der Waals surface area contributed by atoms with Crippen LogP contribution in [0.5, 0.6) is 0 Å². The predicted octanol–water partition coefficient (Wildman–Crippen LogP) is 21.4. The standard InChI is InChI=1S/C70H52N2S2/c1-41-27-33-49(39-59(41)55-23-13-21-53-51-19-7-9-25-63(51)73-69(53)55)71(67-43(3)15-11-16-44(67)4)61-37-31-47-30-36-58-62(38-32-48-29-35-57(61)65(47)66(48)58)72(68-45(5)17-12-18-46(68)6)50-34-28-42(2)60(40-50)56-24-14-22-54-52-20-8-10-26-64(52)74-70(54)56/h7-40H,1-6H3. The average molecular weight is 985 g/mol. The molecule has 2 heterocycles. The minimum atomic E-state index is 1.14. The average Bonchev–Trinajstić information content (AvgIpc) is 4.04. The zero-order chi connectivity index (χ0) is 49.9. The van der Waals surface area contributed by atoms with Crippen LogP contribution in [0.2, 0.25) is 0 Å². The first-order valence-corrected chi connectivity index (χ1v) is 27.3. The number of rotatable bonds is 8. The van der Waals surface area contributed by atoms with Crippen molar-refractivity contribution in [3.05, 3.63) is 240 Å². The van der Waals surface area contributed by atoms with Gasteiger partial charge in [0.2, 0.25) is 0 Å². The molecule has 0 spiro atoms. The zero-order valence-electron chi connectivity index (χ0n) is 42.3. The summed E-state index contributed by atoms with van der Waals surface area (Å²) in [6.45, 7) is 13.5. The van der Waals surface area contributed by atoms with Crippen LogP contribution in [0.15, 0.2) is 206 Å². The van der Waals surface area contributed by atoms with Gasteiger partial charge in [-0.15, -0.1) is 22.7 Å². The highest BCUT2D eigenvalue weighted by Crippen LogP contribution is 2.51. The van der Waals surface area contributed by atoms with Crippen molar-refractivity contribution in [2.24, 2.45) is 0 Å². The maximum absolute atomic E-state index is 2.54. The second-order valence-electron chi connectivity index (χ2n) is 20.3. The van der Waals surface area contributed by atoms with E-state index in [1.165, 1.54) is 140 Å². The van der Waals surface area contributed by atoms with Crippen LogP contribution in [-0.2, 0) is 0 Å². The predicted molar refractivity (Wildman–Crippen MR) is 325 cm³/mol. The number of fused-ring (bicyclic) bond motifs is 6. The molecule has 0 N–H and O–H groups in total. The molecule has 12 aromatic carbocycles.